The van der Waals surface area contributed by atoms with Gasteiger partial charge in [0.05, 0.1) is 12.6 Å². The van der Waals surface area contributed by atoms with Crippen LogP contribution in [0.25, 0.3) is 0 Å². The van der Waals surface area contributed by atoms with Crippen LogP contribution in [0.3, 0.4) is 0 Å². The Labute approximate surface area is 304 Å². The quantitative estimate of drug-likeness (QED) is 0.0861. The van der Waals surface area contributed by atoms with Crippen LogP contribution in [0.4, 0.5) is 0 Å². The van der Waals surface area contributed by atoms with Crippen molar-refractivity contribution in [2.45, 2.75) is 122 Å². The molecule has 2 unspecified atom stereocenters. The fraction of sp³-hybridized carbons (Fsp3) is 0.622. The monoisotopic (exact) mass is 729 g/mol. The van der Waals surface area contributed by atoms with Gasteiger partial charge in [-0.3, -0.25) is 33.6 Å². The van der Waals surface area contributed by atoms with E-state index in [2.05, 4.69) is 26.6 Å². The summed E-state index contributed by atoms with van der Waals surface area (Å²) in [5.41, 5.74) is 0.314. The number of hydrogen-bond donors (Lipinski definition) is 7. The number of carboxylic acid groups (broad SMARTS) is 2. The molecule has 0 spiro atoms. The summed E-state index contributed by atoms with van der Waals surface area (Å²) in [4.78, 5) is 102. The third-order valence-electron chi connectivity index (χ3n) is 8.98. The topological polar surface area (TPSA) is 237 Å². The first-order valence-electron chi connectivity index (χ1n) is 18.1. The Balaban J connectivity index is 2.11. The summed E-state index contributed by atoms with van der Waals surface area (Å²) in [5, 5.41) is 31.3. The number of rotatable bonds is 22. The summed E-state index contributed by atoms with van der Waals surface area (Å²) < 4.78 is 0. The van der Waals surface area contributed by atoms with Gasteiger partial charge in [-0.05, 0) is 55.4 Å². The Bertz CT molecular complexity index is 1400. The van der Waals surface area contributed by atoms with E-state index in [1.165, 1.54) is 12.1 Å². The Hall–Kier alpha value is -4.82. The van der Waals surface area contributed by atoms with Crippen LogP contribution in [-0.4, -0.2) is 82.1 Å². The van der Waals surface area contributed by atoms with Crippen molar-refractivity contribution in [2.24, 2.45) is 17.8 Å². The highest BCUT2D eigenvalue weighted by molar-refractivity contribution is 6.38. The van der Waals surface area contributed by atoms with Crippen molar-refractivity contribution < 1.29 is 48.6 Å². The maximum Gasteiger partial charge on any atom is 0.330 e. The lowest BCUT2D eigenvalue weighted by Gasteiger charge is -2.32. The molecule has 1 fully saturated rings. The standard InChI is InChI=1S/C37H55N5O10/c1-5-12-26(33(47)36(50)38-21-29(44)42-32(37(51)52)25-15-10-7-11-16-25)39-34(48)27(19-22(2)3)40-35(49)31(24-13-8-6-9-14-24)41-28(43)18-17-23(4)20-30(45)46/h7,10-11,15-16,22-24,26-27,31-32H,5-6,8-9,12-14,17-21H2,1-4H3,(H,38,50)(H,39,48)(H,40,49)(H,41,43)(H,42,44)(H,45,46)(H,51,52)/t23?,26?,27-,31-,32-/m0/s1. The highest BCUT2D eigenvalue weighted by atomic mass is 16.4. The highest BCUT2D eigenvalue weighted by Gasteiger charge is 2.35. The summed E-state index contributed by atoms with van der Waals surface area (Å²) in [6.07, 6.45) is 5.17. The van der Waals surface area contributed by atoms with E-state index in [0.29, 0.717) is 31.2 Å². The van der Waals surface area contributed by atoms with E-state index in [-0.39, 0.29) is 49.3 Å². The zero-order valence-corrected chi connectivity index (χ0v) is 30.6. The molecular formula is C37H55N5O10. The lowest BCUT2D eigenvalue weighted by molar-refractivity contribution is -0.142. The zero-order valence-electron chi connectivity index (χ0n) is 30.6. The molecule has 1 aliphatic carbocycles. The number of ketones is 1. The molecule has 5 amide bonds. The highest BCUT2D eigenvalue weighted by Crippen LogP contribution is 2.27. The third-order valence-corrected chi connectivity index (χ3v) is 8.98. The molecular weight excluding hydrogens is 674 g/mol. The van der Waals surface area contributed by atoms with E-state index in [4.69, 9.17) is 5.11 Å². The number of carbonyl (C=O) groups is 8. The van der Waals surface area contributed by atoms with Crippen LogP contribution in [0.15, 0.2) is 30.3 Å². The van der Waals surface area contributed by atoms with Gasteiger partial charge >= 0.3 is 11.9 Å². The average molecular weight is 730 g/mol. The van der Waals surface area contributed by atoms with Gasteiger partial charge in [-0.2, -0.15) is 0 Å². The van der Waals surface area contributed by atoms with Gasteiger partial charge in [-0.25, -0.2) is 4.79 Å². The Morgan fingerprint density at radius 2 is 1.40 bits per heavy atom. The number of carbonyl (C=O) groups excluding carboxylic acids is 6. The second-order valence-corrected chi connectivity index (χ2v) is 14.0. The van der Waals surface area contributed by atoms with Crippen molar-refractivity contribution in [1.29, 1.82) is 0 Å². The largest absolute Gasteiger partial charge is 0.481 e. The van der Waals surface area contributed by atoms with Crippen molar-refractivity contribution in [3.05, 3.63) is 35.9 Å². The first kappa shape index (κ1) is 43.3. The Morgan fingerprint density at radius 3 is 1.98 bits per heavy atom. The second-order valence-electron chi connectivity index (χ2n) is 14.0. The maximum atomic E-state index is 13.8. The lowest BCUT2D eigenvalue weighted by atomic mass is 9.83. The van der Waals surface area contributed by atoms with Gasteiger partial charge in [0.1, 0.15) is 12.1 Å². The number of amides is 5. The zero-order chi connectivity index (χ0) is 38.8. The number of carboxylic acids is 2. The van der Waals surface area contributed by atoms with Crippen LogP contribution in [0.5, 0.6) is 0 Å². The molecule has 0 heterocycles. The number of benzene rings is 1. The third kappa shape index (κ3) is 15.2. The minimum atomic E-state index is -1.37. The van der Waals surface area contributed by atoms with Crippen LogP contribution in [0.1, 0.15) is 110 Å². The van der Waals surface area contributed by atoms with Crippen molar-refractivity contribution in [3.63, 3.8) is 0 Å². The summed E-state index contributed by atoms with van der Waals surface area (Å²) in [5.74, 6) is -7.36. The van der Waals surface area contributed by atoms with Gasteiger partial charge in [0, 0.05) is 12.8 Å². The van der Waals surface area contributed by atoms with E-state index >= 15 is 0 Å². The van der Waals surface area contributed by atoms with Crippen molar-refractivity contribution in [1.82, 2.24) is 26.6 Å². The normalized spacial score (nSPS) is 15.9. The molecule has 1 aromatic carbocycles. The molecule has 0 bridgehead atoms. The second kappa shape index (κ2) is 22.2. The molecule has 15 heteroatoms. The van der Waals surface area contributed by atoms with E-state index < -0.39 is 72.1 Å². The van der Waals surface area contributed by atoms with E-state index in [0.717, 1.165) is 19.3 Å². The Kier molecular flexibility index (Phi) is 18.5. The Morgan fingerprint density at radius 1 is 0.769 bits per heavy atom. The van der Waals surface area contributed by atoms with Crippen molar-refractivity contribution >= 4 is 47.3 Å². The predicted octanol–water partition coefficient (Wildman–Crippen LogP) is 2.39. The molecule has 1 aromatic rings. The minimum absolute atomic E-state index is 0.0402. The first-order valence-corrected chi connectivity index (χ1v) is 18.1. The summed E-state index contributed by atoms with van der Waals surface area (Å²) >= 11 is 0. The molecule has 7 N–H and O–H groups in total. The number of Topliss-reactive ketones (excluding diaryl/α,β-unsaturated/α-hetero) is 1. The molecule has 15 nitrogen and oxygen atoms in total. The summed E-state index contributed by atoms with van der Waals surface area (Å²) in [7, 11) is 0. The molecule has 0 saturated heterocycles. The van der Waals surface area contributed by atoms with Gasteiger partial charge in [-0.15, -0.1) is 0 Å². The average Bonchev–Trinajstić information content (AvgIpc) is 3.10. The molecule has 0 radical (unpaired) electrons. The fourth-order valence-electron chi connectivity index (χ4n) is 6.23. The van der Waals surface area contributed by atoms with Crippen LogP contribution in [0, 0.1) is 17.8 Å². The molecule has 5 atom stereocenters. The molecule has 1 aliphatic rings. The molecule has 1 saturated carbocycles. The number of hydrogen-bond acceptors (Lipinski definition) is 8. The molecule has 52 heavy (non-hydrogen) atoms. The fourth-order valence-corrected chi connectivity index (χ4v) is 6.23. The smallest absolute Gasteiger partial charge is 0.330 e. The summed E-state index contributed by atoms with van der Waals surface area (Å²) in [6.45, 7) is 6.51. The molecule has 0 aromatic heterocycles. The van der Waals surface area contributed by atoms with Crippen molar-refractivity contribution in [2.75, 3.05) is 6.54 Å². The predicted molar refractivity (Wildman–Crippen MR) is 190 cm³/mol. The van der Waals surface area contributed by atoms with E-state index in [9.17, 15) is 43.5 Å². The number of aliphatic carboxylic acids is 2. The van der Waals surface area contributed by atoms with Gasteiger partial charge in [0.2, 0.25) is 29.4 Å². The molecule has 288 valence electrons. The van der Waals surface area contributed by atoms with Gasteiger partial charge in [-0.1, -0.05) is 83.7 Å². The minimum Gasteiger partial charge on any atom is -0.481 e. The van der Waals surface area contributed by atoms with E-state index in [1.807, 2.05) is 13.8 Å². The van der Waals surface area contributed by atoms with Crippen LogP contribution >= 0.6 is 0 Å². The molecule has 0 aliphatic heterocycles. The van der Waals surface area contributed by atoms with Crippen LogP contribution < -0.4 is 26.6 Å². The van der Waals surface area contributed by atoms with Crippen LogP contribution in [0.2, 0.25) is 0 Å². The maximum absolute atomic E-state index is 13.8. The van der Waals surface area contributed by atoms with Crippen molar-refractivity contribution in [3.8, 4) is 0 Å². The number of nitrogens with one attached hydrogen (secondary N) is 5. The van der Waals surface area contributed by atoms with E-state index in [1.54, 1.807) is 32.0 Å². The van der Waals surface area contributed by atoms with Gasteiger partial charge < -0.3 is 36.8 Å². The molecule has 2 rings (SSSR count). The van der Waals surface area contributed by atoms with Gasteiger partial charge in [0.25, 0.3) is 5.91 Å². The first-order chi connectivity index (χ1) is 24.6. The lowest BCUT2D eigenvalue weighted by Crippen LogP contribution is -2.58. The summed E-state index contributed by atoms with van der Waals surface area (Å²) in [6, 6.07) is 3.29. The SMILES string of the molecule is CCCC(NC(=O)[C@H](CC(C)C)NC(=O)[C@@H](NC(=O)CCC(C)CC(=O)O)C1CCCCC1)C(=O)C(=O)NCC(=O)N[C@H](C(=O)O)c1ccccc1. The van der Waals surface area contributed by atoms with Gasteiger partial charge in [0.15, 0.2) is 6.04 Å². The van der Waals surface area contributed by atoms with Crippen LogP contribution in [-0.2, 0) is 38.4 Å².